The lowest BCUT2D eigenvalue weighted by atomic mass is 10.3. The van der Waals surface area contributed by atoms with Gasteiger partial charge in [-0.2, -0.15) is 13.2 Å². The van der Waals surface area contributed by atoms with E-state index in [0.29, 0.717) is 6.54 Å². The molecule has 0 unspecified atom stereocenters. The van der Waals surface area contributed by atoms with Crippen LogP contribution in [-0.2, 0) is 9.53 Å². The molecule has 0 bridgehead atoms. The SMILES string of the molecule is CC(C)N(CCN)C(=O)COCC(F)(F)F. The van der Waals surface area contributed by atoms with Crippen LogP contribution in [0.3, 0.4) is 0 Å². The molecule has 1 amide bonds. The van der Waals surface area contributed by atoms with Crippen molar-refractivity contribution in [1.29, 1.82) is 0 Å². The molecule has 0 saturated carbocycles. The third-order valence-electron chi connectivity index (χ3n) is 1.80. The van der Waals surface area contributed by atoms with Gasteiger partial charge in [-0.3, -0.25) is 4.79 Å². The van der Waals surface area contributed by atoms with Crippen LogP contribution in [0.1, 0.15) is 13.8 Å². The lowest BCUT2D eigenvalue weighted by molar-refractivity contribution is -0.178. The van der Waals surface area contributed by atoms with E-state index in [-0.39, 0.29) is 12.6 Å². The Hall–Kier alpha value is -0.820. The quantitative estimate of drug-likeness (QED) is 0.748. The number of ether oxygens (including phenoxy) is 1. The fourth-order valence-electron chi connectivity index (χ4n) is 1.15. The summed E-state index contributed by atoms with van der Waals surface area (Å²) in [6, 6.07) is -0.106. The Morgan fingerprint density at radius 2 is 2.00 bits per heavy atom. The monoisotopic (exact) mass is 242 g/mol. The van der Waals surface area contributed by atoms with Gasteiger partial charge in [-0.15, -0.1) is 0 Å². The van der Waals surface area contributed by atoms with Gasteiger partial charge in [0, 0.05) is 19.1 Å². The van der Waals surface area contributed by atoms with Gasteiger partial charge in [-0.05, 0) is 13.8 Å². The molecule has 4 nitrogen and oxygen atoms in total. The van der Waals surface area contributed by atoms with E-state index >= 15 is 0 Å². The standard InChI is InChI=1S/C9H17F3N2O2/c1-7(2)14(4-3-13)8(15)5-16-6-9(10,11)12/h7H,3-6,13H2,1-2H3. The van der Waals surface area contributed by atoms with E-state index in [1.165, 1.54) is 4.90 Å². The smallest absolute Gasteiger partial charge is 0.362 e. The van der Waals surface area contributed by atoms with Gasteiger partial charge in [-0.25, -0.2) is 0 Å². The van der Waals surface area contributed by atoms with Crippen LogP contribution in [-0.4, -0.2) is 49.3 Å². The number of halogens is 3. The summed E-state index contributed by atoms with van der Waals surface area (Å²) in [5.74, 6) is -0.482. The topological polar surface area (TPSA) is 55.6 Å². The maximum atomic E-state index is 11.7. The molecule has 0 aromatic carbocycles. The predicted octanol–water partition coefficient (Wildman–Crippen LogP) is 0.761. The van der Waals surface area contributed by atoms with E-state index in [1.807, 2.05) is 0 Å². The molecule has 0 spiro atoms. The molecule has 0 aromatic rings. The van der Waals surface area contributed by atoms with Crippen LogP contribution in [0.4, 0.5) is 13.2 Å². The van der Waals surface area contributed by atoms with E-state index in [0.717, 1.165) is 0 Å². The maximum absolute atomic E-state index is 11.7. The zero-order valence-corrected chi connectivity index (χ0v) is 9.38. The number of carbonyl (C=O) groups excluding carboxylic acids is 1. The van der Waals surface area contributed by atoms with E-state index in [2.05, 4.69) is 4.74 Å². The summed E-state index contributed by atoms with van der Waals surface area (Å²) < 4.78 is 39.5. The van der Waals surface area contributed by atoms with Crippen LogP contribution in [0, 0.1) is 0 Å². The van der Waals surface area contributed by atoms with Crippen molar-refractivity contribution in [1.82, 2.24) is 4.90 Å². The fraction of sp³-hybridized carbons (Fsp3) is 0.889. The number of alkyl halides is 3. The Bertz CT molecular complexity index is 219. The zero-order valence-electron chi connectivity index (χ0n) is 9.38. The second-order valence-corrected chi connectivity index (χ2v) is 3.58. The van der Waals surface area contributed by atoms with Gasteiger partial charge in [0.1, 0.15) is 13.2 Å². The summed E-state index contributed by atoms with van der Waals surface area (Å²) in [5.41, 5.74) is 5.29. The minimum absolute atomic E-state index is 0.106. The normalized spacial score (nSPS) is 11.9. The molecule has 0 fully saturated rings. The average Bonchev–Trinajstić information content (AvgIpc) is 2.11. The third kappa shape index (κ3) is 6.62. The van der Waals surface area contributed by atoms with Gasteiger partial charge in [0.05, 0.1) is 0 Å². The van der Waals surface area contributed by atoms with E-state index in [1.54, 1.807) is 13.8 Å². The van der Waals surface area contributed by atoms with Gasteiger partial charge in [-0.1, -0.05) is 0 Å². The lowest BCUT2D eigenvalue weighted by Crippen LogP contribution is -2.42. The molecule has 0 saturated heterocycles. The summed E-state index contributed by atoms with van der Waals surface area (Å²) in [4.78, 5) is 12.8. The van der Waals surface area contributed by atoms with Crippen molar-refractivity contribution in [2.75, 3.05) is 26.3 Å². The highest BCUT2D eigenvalue weighted by atomic mass is 19.4. The molecule has 2 N–H and O–H groups in total. The molecule has 0 rings (SSSR count). The van der Waals surface area contributed by atoms with Crippen LogP contribution in [0.2, 0.25) is 0 Å². The summed E-state index contributed by atoms with van der Waals surface area (Å²) in [6.07, 6.45) is -4.41. The van der Waals surface area contributed by atoms with Crippen LogP contribution >= 0.6 is 0 Å². The highest BCUT2D eigenvalue weighted by Gasteiger charge is 2.28. The van der Waals surface area contributed by atoms with Crippen molar-refractivity contribution in [3.63, 3.8) is 0 Å². The molecule has 0 aromatic heterocycles. The van der Waals surface area contributed by atoms with E-state index in [9.17, 15) is 18.0 Å². The van der Waals surface area contributed by atoms with Crippen LogP contribution in [0.15, 0.2) is 0 Å². The molecular formula is C9H17F3N2O2. The molecule has 0 radical (unpaired) electrons. The fourth-order valence-corrected chi connectivity index (χ4v) is 1.15. The van der Waals surface area contributed by atoms with E-state index < -0.39 is 25.3 Å². The highest BCUT2D eigenvalue weighted by molar-refractivity contribution is 5.77. The first-order chi connectivity index (χ1) is 7.28. The Kier molecular flexibility index (Phi) is 6.35. The Labute approximate surface area is 92.5 Å². The molecule has 0 aliphatic rings. The summed E-state index contributed by atoms with van der Waals surface area (Å²) >= 11 is 0. The molecule has 0 aliphatic heterocycles. The van der Waals surface area contributed by atoms with Gasteiger partial charge >= 0.3 is 6.18 Å². The summed E-state index contributed by atoms with van der Waals surface area (Å²) in [6.45, 7) is 2.12. The Morgan fingerprint density at radius 3 is 2.38 bits per heavy atom. The maximum Gasteiger partial charge on any atom is 0.411 e. The molecule has 0 aliphatic carbocycles. The van der Waals surface area contributed by atoms with E-state index in [4.69, 9.17) is 5.73 Å². The average molecular weight is 242 g/mol. The summed E-state index contributed by atoms with van der Waals surface area (Å²) in [7, 11) is 0. The van der Waals surface area contributed by atoms with Crippen molar-refractivity contribution in [3.05, 3.63) is 0 Å². The van der Waals surface area contributed by atoms with Crippen LogP contribution < -0.4 is 5.73 Å². The third-order valence-corrected chi connectivity index (χ3v) is 1.80. The van der Waals surface area contributed by atoms with Gasteiger partial charge in [0.2, 0.25) is 5.91 Å². The van der Waals surface area contributed by atoms with Crippen molar-refractivity contribution in [3.8, 4) is 0 Å². The predicted molar refractivity (Wildman–Crippen MR) is 52.8 cm³/mol. The number of carbonyl (C=O) groups is 1. The first kappa shape index (κ1) is 15.2. The molecule has 16 heavy (non-hydrogen) atoms. The number of nitrogens with two attached hydrogens (primary N) is 1. The second kappa shape index (κ2) is 6.70. The number of hydrogen-bond acceptors (Lipinski definition) is 3. The number of nitrogens with zero attached hydrogens (tertiary/aromatic N) is 1. The number of rotatable bonds is 6. The van der Waals surface area contributed by atoms with Crippen LogP contribution in [0.25, 0.3) is 0 Å². The summed E-state index contributed by atoms with van der Waals surface area (Å²) in [5, 5.41) is 0. The first-order valence-corrected chi connectivity index (χ1v) is 4.92. The minimum atomic E-state index is -4.41. The first-order valence-electron chi connectivity index (χ1n) is 4.92. The van der Waals surface area contributed by atoms with Crippen LogP contribution in [0.5, 0.6) is 0 Å². The molecule has 7 heteroatoms. The van der Waals surface area contributed by atoms with Gasteiger partial charge in [0.25, 0.3) is 0 Å². The number of hydrogen-bond donors (Lipinski definition) is 1. The zero-order chi connectivity index (χ0) is 12.8. The van der Waals surface area contributed by atoms with Gasteiger partial charge in [0.15, 0.2) is 0 Å². The largest absolute Gasteiger partial charge is 0.411 e. The lowest BCUT2D eigenvalue weighted by Gasteiger charge is -2.26. The van der Waals surface area contributed by atoms with Crippen molar-refractivity contribution < 1.29 is 22.7 Å². The van der Waals surface area contributed by atoms with Crippen molar-refractivity contribution >= 4 is 5.91 Å². The van der Waals surface area contributed by atoms with Crippen molar-refractivity contribution in [2.24, 2.45) is 5.73 Å². The molecule has 96 valence electrons. The number of amides is 1. The second-order valence-electron chi connectivity index (χ2n) is 3.58. The molecule has 0 atom stereocenters. The van der Waals surface area contributed by atoms with Gasteiger partial charge < -0.3 is 15.4 Å². The Balaban J connectivity index is 4.02. The highest BCUT2D eigenvalue weighted by Crippen LogP contribution is 2.14. The van der Waals surface area contributed by atoms with Crippen molar-refractivity contribution in [2.45, 2.75) is 26.1 Å². The molecule has 0 heterocycles. The minimum Gasteiger partial charge on any atom is -0.362 e. The molecular weight excluding hydrogens is 225 g/mol. The Morgan fingerprint density at radius 1 is 1.44 bits per heavy atom.